The van der Waals surface area contributed by atoms with Gasteiger partial charge in [0, 0.05) is 57.7 Å². The number of hydrogen-bond acceptors (Lipinski definition) is 5. The fourth-order valence-corrected chi connectivity index (χ4v) is 5.29. The molecule has 0 saturated carbocycles. The summed E-state index contributed by atoms with van der Waals surface area (Å²) in [7, 11) is 3.07. The minimum absolute atomic E-state index is 0.102. The Hall–Kier alpha value is -3.26. The zero-order valence-electron chi connectivity index (χ0n) is 20.2. The van der Waals surface area contributed by atoms with Gasteiger partial charge in [-0.25, -0.2) is 4.39 Å². The topological polar surface area (TPSA) is 76.2 Å². The Morgan fingerprint density at radius 1 is 1.11 bits per heavy atom. The molecule has 0 N–H and O–H groups in total. The Morgan fingerprint density at radius 3 is 2.60 bits per heavy atom. The van der Waals surface area contributed by atoms with Gasteiger partial charge in [-0.3, -0.25) is 19.3 Å². The molecule has 3 amide bonds. The van der Waals surface area contributed by atoms with Crippen LogP contribution in [-0.2, 0) is 24.5 Å². The van der Waals surface area contributed by atoms with E-state index in [9.17, 15) is 18.8 Å². The number of nitrogens with zero attached hydrogens (tertiary/aromatic N) is 2. The molecular formula is C27H31FN2O5. The summed E-state index contributed by atoms with van der Waals surface area (Å²) in [6, 6.07) is 13.7. The molecule has 0 radical (unpaired) electrons. The fourth-order valence-electron chi connectivity index (χ4n) is 5.29. The van der Waals surface area contributed by atoms with E-state index in [1.165, 1.54) is 18.1 Å². The van der Waals surface area contributed by atoms with E-state index >= 15 is 0 Å². The van der Waals surface area contributed by atoms with Crippen molar-refractivity contribution < 1.29 is 28.2 Å². The highest BCUT2D eigenvalue weighted by atomic mass is 19.1. The number of halogens is 1. The summed E-state index contributed by atoms with van der Waals surface area (Å²) < 4.78 is 24.9. The zero-order chi connectivity index (χ0) is 25.0. The van der Waals surface area contributed by atoms with Crippen molar-refractivity contribution in [3.8, 4) is 5.75 Å². The molecule has 2 heterocycles. The summed E-state index contributed by atoms with van der Waals surface area (Å²) in [4.78, 5) is 43.2. The molecule has 35 heavy (non-hydrogen) atoms. The molecule has 2 atom stereocenters. The molecule has 7 nitrogen and oxygen atoms in total. The SMILES string of the molecule is COCCCN1C(=O)CC(CC(=O)N2CCC(c3ccccc3F)C2)(c2ccccc2OC)C1=O. The molecule has 2 unspecified atom stereocenters. The van der Waals surface area contributed by atoms with Gasteiger partial charge in [-0.05, 0) is 30.5 Å². The number of rotatable bonds is 9. The summed E-state index contributed by atoms with van der Waals surface area (Å²) in [5, 5.41) is 0. The van der Waals surface area contributed by atoms with Crippen LogP contribution in [-0.4, -0.2) is 68.0 Å². The van der Waals surface area contributed by atoms with E-state index in [0.29, 0.717) is 49.4 Å². The number of likely N-dealkylation sites (tertiary alicyclic amines) is 2. The molecule has 2 aromatic carbocycles. The number of amides is 3. The predicted octanol–water partition coefficient (Wildman–Crippen LogP) is 3.27. The first kappa shape index (κ1) is 24.9. The molecule has 0 bridgehead atoms. The minimum atomic E-state index is -1.34. The number of carbonyl (C=O) groups is 3. The first-order valence-corrected chi connectivity index (χ1v) is 11.9. The maximum Gasteiger partial charge on any atom is 0.241 e. The van der Waals surface area contributed by atoms with Gasteiger partial charge in [0.05, 0.1) is 12.5 Å². The molecule has 2 aromatic rings. The van der Waals surface area contributed by atoms with Gasteiger partial charge in [-0.15, -0.1) is 0 Å². The Bertz CT molecular complexity index is 1110. The number of benzene rings is 2. The number of methoxy groups -OCH3 is 2. The van der Waals surface area contributed by atoms with E-state index in [4.69, 9.17) is 9.47 Å². The van der Waals surface area contributed by atoms with Crippen molar-refractivity contribution in [1.29, 1.82) is 0 Å². The van der Waals surface area contributed by atoms with Crippen LogP contribution in [0.1, 0.15) is 42.7 Å². The molecule has 2 fully saturated rings. The van der Waals surface area contributed by atoms with E-state index in [1.807, 2.05) is 0 Å². The summed E-state index contributed by atoms with van der Waals surface area (Å²) >= 11 is 0. The molecular weight excluding hydrogens is 451 g/mol. The van der Waals surface area contributed by atoms with Crippen LogP contribution in [0.4, 0.5) is 4.39 Å². The van der Waals surface area contributed by atoms with Crippen molar-refractivity contribution >= 4 is 17.7 Å². The summed E-state index contributed by atoms with van der Waals surface area (Å²) in [5.74, 6) is -0.841. The van der Waals surface area contributed by atoms with Crippen molar-refractivity contribution in [2.75, 3.05) is 40.5 Å². The Morgan fingerprint density at radius 2 is 1.86 bits per heavy atom. The molecule has 2 saturated heterocycles. The first-order chi connectivity index (χ1) is 16.9. The maximum atomic E-state index is 14.3. The first-order valence-electron chi connectivity index (χ1n) is 11.9. The lowest BCUT2D eigenvalue weighted by atomic mass is 9.75. The normalized spacial score (nSPS) is 22.2. The highest BCUT2D eigenvalue weighted by molar-refractivity contribution is 6.11. The quantitative estimate of drug-likeness (QED) is 0.405. The monoisotopic (exact) mass is 482 g/mol. The highest BCUT2D eigenvalue weighted by Gasteiger charge is 2.55. The van der Waals surface area contributed by atoms with E-state index in [-0.39, 0.29) is 48.8 Å². The van der Waals surface area contributed by atoms with E-state index in [2.05, 4.69) is 0 Å². The van der Waals surface area contributed by atoms with Crippen LogP contribution in [0.15, 0.2) is 48.5 Å². The lowest BCUT2D eigenvalue weighted by Crippen LogP contribution is -2.43. The van der Waals surface area contributed by atoms with Gasteiger partial charge in [0.15, 0.2) is 0 Å². The van der Waals surface area contributed by atoms with E-state index in [1.54, 1.807) is 54.5 Å². The molecule has 2 aliphatic heterocycles. The van der Waals surface area contributed by atoms with Crippen LogP contribution in [0.25, 0.3) is 0 Å². The molecule has 8 heteroatoms. The Kier molecular flexibility index (Phi) is 7.50. The highest BCUT2D eigenvalue weighted by Crippen LogP contribution is 2.44. The summed E-state index contributed by atoms with van der Waals surface area (Å²) in [6.45, 7) is 1.50. The van der Waals surface area contributed by atoms with Crippen LogP contribution >= 0.6 is 0 Å². The fraction of sp³-hybridized carbons (Fsp3) is 0.444. The standard InChI is InChI=1S/C27H31FN2O5/c1-34-15-7-13-30-25(32)17-27(26(30)33,21-9-4-6-11-23(21)35-2)16-24(31)29-14-12-19(18-29)20-8-3-5-10-22(20)28/h3-6,8-11,19H,7,12-18H2,1-2H3. The average Bonchev–Trinajstić information content (AvgIpc) is 3.44. The van der Waals surface area contributed by atoms with Crippen LogP contribution < -0.4 is 4.74 Å². The number of para-hydroxylation sites is 1. The summed E-state index contributed by atoms with van der Waals surface area (Å²) in [5.41, 5.74) is -0.212. The Balaban J connectivity index is 1.61. The van der Waals surface area contributed by atoms with Gasteiger partial charge in [0.1, 0.15) is 11.6 Å². The van der Waals surface area contributed by atoms with Crippen LogP contribution in [0.5, 0.6) is 5.75 Å². The third kappa shape index (κ3) is 4.80. The molecule has 4 rings (SSSR count). The van der Waals surface area contributed by atoms with Gasteiger partial charge < -0.3 is 14.4 Å². The third-order valence-electron chi connectivity index (χ3n) is 7.10. The van der Waals surface area contributed by atoms with E-state index < -0.39 is 5.41 Å². The second kappa shape index (κ2) is 10.6. The van der Waals surface area contributed by atoms with Gasteiger partial charge in [0.2, 0.25) is 17.7 Å². The lowest BCUT2D eigenvalue weighted by Gasteiger charge is -2.30. The molecule has 186 valence electrons. The van der Waals surface area contributed by atoms with Crippen LogP contribution in [0.2, 0.25) is 0 Å². The number of hydrogen-bond donors (Lipinski definition) is 0. The largest absolute Gasteiger partial charge is 0.496 e. The average molecular weight is 483 g/mol. The van der Waals surface area contributed by atoms with Crippen LogP contribution in [0.3, 0.4) is 0 Å². The van der Waals surface area contributed by atoms with Gasteiger partial charge in [-0.1, -0.05) is 36.4 Å². The minimum Gasteiger partial charge on any atom is -0.496 e. The van der Waals surface area contributed by atoms with E-state index in [0.717, 1.165) is 0 Å². The molecule has 2 aliphatic rings. The number of carbonyl (C=O) groups excluding carboxylic acids is 3. The lowest BCUT2D eigenvalue weighted by molar-refractivity contribution is -0.142. The molecule has 0 aromatic heterocycles. The second-order valence-corrected chi connectivity index (χ2v) is 9.18. The number of ether oxygens (including phenoxy) is 2. The second-order valence-electron chi connectivity index (χ2n) is 9.18. The van der Waals surface area contributed by atoms with Gasteiger partial charge >= 0.3 is 0 Å². The van der Waals surface area contributed by atoms with Crippen molar-refractivity contribution in [3.63, 3.8) is 0 Å². The van der Waals surface area contributed by atoms with Gasteiger partial charge in [-0.2, -0.15) is 0 Å². The van der Waals surface area contributed by atoms with Crippen molar-refractivity contribution in [2.24, 2.45) is 0 Å². The molecule has 0 aliphatic carbocycles. The third-order valence-corrected chi connectivity index (χ3v) is 7.10. The number of imide groups is 1. The van der Waals surface area contributed by atoms with Gasteiger partial charge in [0.25, 0.3) is 0 Å². The molecule has 0 spiro atoms. The zero-order valence-corrected chi connectivity index (χ0v) is 20.2. The summed E-state index contributed by atoms with van der Waals surface area (Å²) in [6.07, 6.45) is 0.906. The predicted molar refractivity (Wildman–Crippen MR) is 127 cm³/mol. The van der Waals surface area contributed by atoms with Crippen molar-refractivity contribution in [1.82, 2.24) is 9.80 Å². The van der Waals surface area contributed by atoms with Crippen molar-refractivity contribution in [2.45, 2.75) is 37.0 Å². The van der Waals surface area contributed by atoms with Crippen molar-refractivity contribution in [3.05, 3.63) is 65.5 Å². The smallest absolute Gasteiger partial charge is 0.241 e. The van der Waals surface area contributed by atoms with Crippen LogP contribution in [0, 0.1) is 5.82 Å². The maximum absolute atomic E-state index is 14.3. The Labute approximate surface area is 204 Å².